The molecular formula is C27H32O3. The molecule has 0 aliphatic rings. The van der Waals surface area contributed by atoms with E-state index < -0.39 is 6.10 Å². The Morgan fingerprint density at radius 3 is 2.50 bits per heavy atom. The monoisotopic (exact) mass is 404 g/mol. The molecule has 0 aromatic heterocycles. The Hall–Kier alpha value is -2.80. The second-order valence-corrected chi connectivity index (χ2v) is 7.23. The number of aliphatic hydroxyl groups excluding tert-OH is 2. The van der Waals surface area contributed by atoms with E-state index in [1.54, 1.807) is 6.08 Å². The molecule has 0 fully saturated rings. The van der Waals surface area contributed by atoms with Gasteiger partial charge in [-0.15, -0.1) is 19.1 Å². The second kappa shape index (κ2) is 13.4. The van der Waals surface area contributed by atoms with Crippen LogP contribution in [-0.4, -0.2) is 16.3 Å². The molecular weight excluding hydrogens is 372 g/mol. The first-order valence-corrected chi connectivity index (χ1v) is 10.5. The zero-order valence-corrected chi connectivity index (χ0v) is 17.6. The average molecular weight is 405 g/mol. The fourth-order valence-electron chi connectivity index (χ4n) is 3.20. The molecule has 3 heteroatoms. The van der Waals surface area contributed by atoms with Gasteiger partial charge < -0.3 is 14.9 Å². The van der Waals surface area contributed by atoms with Gasteiger partial charge in [0.2, 0.25) is 0 Å². The highest BCUT2D eigenvalue weighted by Gasteiger charge is 2.14. The van der Waals surface area contributed by atoms with E-state index in [4.69, 9.17) is 4.74 Å². The van der Waals surface area contributed by atoms with Gasteiger partial charge in [0.05, 0.1) is 6.10 Å². The zero-order chi connectivity index (χ0) is 21.6. The van der Waals surface area contributed by atoms with Gasteiger partial charge in [-0.05, 0) is 49.3 Å². The molecule has 2 atom stereocenters. The van der Waals surface area contributed by atoms with Gasteiger partial charge in [-0.2, -0.15) is 0 Å². The standard InChI is InChI=1S/C27H32O3/c1-3-5-7-16-23(28)17-10-11-19-26(29)24-18-12-20-27(25(24)13-4-2)30-21-22-14-8-6-9-15-22/h3-4,6,8-9,12,14-15,18,20,23,26,28-29H,1-2,5,7,10,13,16-17,21H2/t23-,26?/m0/s1. The first-order chi connectivity index (χ1) is 14.7. The lowest BCUT2D eigenvalue weighted by Gasteiger charge is -2.16. The van der Waals surface area contributed by atoms with E-state index in [1.165, 1.54) is 0 Å². The molecule has 2 rings (SSSR count). The van der Waals surface area contributed by atoms with Crippen LogP contribution < -0.4 is 4.74 Å². The number of allylic oxidation sites excluding steroid dienone is 2. The number of hydrogen-bond acceptors (Lipinski definition) is 3. The largest absolute Gasteiger partial charge is 0.489 e. The summed E-state index contributed by atoms with van der Waals surface area (Å²) in [6, 6.07) is 15.6. The topological polar surface area (TPSA) is 49.7 Å². The van der Waals surface area contributed by atoms with Crippen LogP contribution in [0.3, 0.4) is 0 Å². The average Bonchev–Trinajstić information content (AvgIpc) is 2.77. The predicted octanol–water partition coefficient (Wildman–Crippen LogP) is 5.53. The van der Waals surface area contributed by atoms with Crippen LogP contribution in [0, 0.1) is 11.8 Å². The van der Waals surface area contributed by atoms with Gasteiger partial charge in [0.25, 0.3) is 0 Å². The van der Waals surface area contributed by atoms with Crippen molar-refractivity contribution < 1.29 is 14.9 Å². The summed E-state index contributed by atoms with van der Waals surface area (Å²) in [6.45, 7) is 7.98. The van der Waals surface area contributed by atoms with E-state index in [0.717, 1.165) is 41.7 Å². The highest BCUT2D eigenvalue weighted by atomic mass is 16.5. The van der Waals surface area contributed by atoms with E-state index in [-0.39, 0.29) is 6.10 Å². The van der Waals surface area contributed by atoms with Crippen LogP contribution in [0.1, 0.15) is 54.9 Å². The Bertz CT molecular complexity index is 845. The third-order valence-corrected chi connectivity index (χ3v) is 4.84. The van der Waals surface area contributed by atoms with E-state index >= 15 is 0 Å². The van der Waals surface area contributed by atoms with Crippen LogP contribution in [0.5, 0.6) is 5.75 Å². The van der Waals surface area contributed by atoms with Crippen molar-refractivity contribution in [2.24, 2.45) is 0 Å². The van der Waals surface area contributed by atoms with Crippen LogP contribution >= 0.6 is 0 Å². The van der Waals surface area contributed by atoms with Crippen molar-refractivity contribution in [3.05, 3.63) is 90.5 Å². The fourth-order valence-corrected chi connectivity index (χ4v) is 3.20. The van der Waals surface area contributed by atoms with Gasteiger partial charge in [0.15, 0.2) is 0 Å². The normalized spacial score (nSPS) is 12.3. The number of rotatable bonds is 12. The zero-order valence-electron chi connectivity index (χ0n) is 17.6. The van der Waals surface area contributed by atoms with Crippen LogP contribution in [0.4, 0.5) is 0 Å². The molecule has 0 aliphatic heterocycles. The number of unbranched alkanes of at least 4 members (excludes halogenated alkanes) is 1. The molecule has 1 unspecified atom stereocenters. The highest BCUT2D eigenvalue weighted by molar-refractivity contribution is 5.44. The molecule has 0 bridgehead atoms. The molecule has 0 spiro atoms. The maximum absolute atomic E-state index is 10.6. The predicted molar refractivity (Wildman–Crippen MR) is 123 cm³/mol. The Kier molecular flexibility index (Phi) is 10.5. The summed E-state index contributed by atoms with van der Waals surface area (Å²) < 4.78 is 6.02. The van der Waals surface area contributed by atoms with Crippen molar-refractivity contribution in [3.63, 3.8) is 0 Å². The van der Waals surface area contributed by atoms with Crippen LogP contribution in [0.15, 0.2) is 73.8 Å². The molecule has 0 heterocycles. The van der Waals surface area contributed by atoms with E-state index in [1.807, 2.05) is 54.6 Å². The molecule has 30 heavy (non-hydrogen) atoms. The molecule has 2 aromatic carbocycles. The second-order valence-electron chi connectivity index (χ2n) is 7.23. The molecule has 0 saturated heterocycles. The lowest BCUT2D eigenvalue weighted by molar-refractivity contribution is 0.154. The van der Waals surface area contributed by atoms with Gasteiger partial charge in [0.1, 0.15) is 18.5 Å². The number of aliphatic hydroxyl groups is 2. The summed E-state index contributed by atoms with van der Waals surface area (Å²) in [5.74, 6) is 6.65. The lowest BCUT2D eigenvalue weighted by Crippen LogP contribution is -2.06. The van der Waals surface area contributed by atoms with E-state index in [0.29, 0.717) is 25.9 Å². The quantitative estimate of drug-likeness (QED) is 0.278. The molecule has 0 aliphatic carbocycles. The van der Waals surface area contributed by atoms with Crippen molar-refractivity contribution in [1.82, 2.24) is 0 Å². The number of ether oxygens (including phenoxy) is 1. The van der Waals surface area contributed by atoms with Crippen LogP contribution in [0.25, 0.3) is 0 Å². The highest BCUT2D eigenvalue weighted by Crippen LogP contribution is 2.28. The summed E-state index contributed by atoms with van der Waals surface area (Å²) in [5.41, 5.74) is 2.72. The molecule has 0 saturated carbocycles. The summed E-state index contributed by atoms with van der Waals surface area (Å²) in [4.78, 5) is 0. The van der Waals surface area contributed by atoms with E-state index in [9.17, 15) is 10.2 Å². The first kappa shape index (κ1) is 23.5. The lowest BCUT2D eigenvalue weighted by atomic mass is 9.98. The minimum absolute atomic E-state index is 0.359. The molecule has 2 N–H and O–H groups in total. The van der Waals surface area contributed by atoms with Crippen LogP contribution in [-0.2, 0) is 13.0 Å². The summed E-state index contributed by atoms with van der Waals surface area (Å²) in [7, 11) is 0. The molecule has 0 radical (unpaired) electrons. The minimum Gasteiger partial charge on any atom is -0.489 e. The summed E-state index contributed by atoms with van der Waals surface area (Å²) >= 11 is 0. The first-order valence-electron chi connectivity index (χ1n) is 10.5. The SMILES string of the molecule is C=CCCC[C@H](O)CCC#CC(O)c1cccc(OCc2ccccc2)c1CC=C. The summed E-state index contributed by atoms with van der Waals surface area (Å²) in [6.07, 6.45) is 6.74. The van der Waals surface area contributed by atoms with Gasteiger partial charge in [0, 0.05) is 12.0 Å². The van der Waals surface area contributed by atoms with Gasteiger partial charge in [-0.1, -0.05) is 60.5 Å². The maximum atomic E-state index is 10.6. The summed E-state index contributed by atoms with van der Waals surface area (Å²) in [5, 5.41) is 20.6. The van der Waals surface area contributed by atoms with Gasteiger partial charge in [-0.25, -0.2) is 0 Å². The van der Waals surface area contributed by atoms with Gasteiger partial charge >= 0.3 is 0 Å². The Morgan fingerprint density at radius 2 is 1.77 bits per heavy atom. The van der Waals surface area contributed by atoms with E-state index in [2.05, 4.69) is 25.0 Å². The number of hydrogen-bond donors (Lipinski definition) is 2. The van der Waals surface area contributed by atoms with Crippen molar-refractivity contribution in [1.29, 1.82) is 0 Å². The Labute approximate surface area is 180 Å². The van der Waals surface area contributed by atoms with Crippen molar-refractivity contribution in [3.8, 4) is 17.6 Å². The molecule has 2 aromatic rings. The Balaban J connectivity index is 2.01. The van der Waals surface area contributed by atoms with Crippen molar-refractivity contribution >= 4 is 0 Å². The molecule has 3 nitrogen and oxygen atoms in total. The maximum Gasteiger partial charge on any atom is 0.140 e. The third kappa shape index (κ3) is 7.91. The fraction of sp³-hybridized carbons (Fsp3) is 0.333. The minimum atomic E-state index is -0.905. The van der Waals surface area contributed by atoms with Crippen LogP contribution in [0.2, 0.25) is 0 Å². The smallest absolute Gasteiger partial charge is 0.140 e. The van der Waals surface area contributed by atoms with Crippen molar-refractivity contribution in [2.45, 2.75) is 57.3 Å². The third-order valence-electron chi connectivity index (χ3n) is 4.84. The number of benzene rings is 2. The van der Waals surface area contributed by atoms with Crippen molar-refractivity contribution in [2.75, 3.05) is 0 Å². The molecule has 158 valence electrons. The van der Waals surface area contributed by atoms with Gasteiger partial charge in [-0.3, -0.25) is 0 Å². The Morgan fingerprint density at radius 1 is 0.967 bits per heavy atom. The molecule has 0 amide bonds.